The van der Waals surface area contributed by atoms with Gasteiger partial charge in [-0.05, 0) is 69.3 Å². The molecule has 0 bridgehead atoms. The van der Waals surface area contributed by atoms with Crippen LogP contribution in [0.4, 0.5) is 4.39 Å². The molecule has 1 aromatic rings. The molecule has 2 aliphatic rings. The zero-order valence-corrected chi connectivity index (χ0v) is 16.1. The average Bonchev–Trinajstić information content (AvgIpc) is 3.37. The standard InChI is InChI=1S/C20H31FN4O/c1-14(24-20(22-2)23-11-16-8-9-25(3)12-16)17-6-7-19(18(21)10-17)26-13-15-4-5-15/h6-7,10,14-16H,4-5,8-9,11-13H2,1-3H3,(H2,22,23,24). The van der Waals surface area contributed by atoms with Gasteiger partial charge in [0.1, 0.15) is 0 Å². The summed E-state index contributed by atoms with van der Waals surface area (Å²) in [5.74, 6) is 2.06. The molecule has 0 amide bonds. The number of guanidine groups is 1. The summed E-state index contributed by atoms with van der Waals surface area (Å²) in [7, 11) is 3.92. The fourth-order valence-corrected chi connectivity index (χ4v) is 3.31. The predicted molar refractivity (Wildman–Crippen MR) is 103 cm³/mol. The summed E-state index contributed by atoms with van der Waals surface area (Å²) in [5.41, 5.74) is 0.879. The molecule has 2 N–H and O–H groups in total. The largest absolute Gasteiger partial charge is 0.490 e. The van der Waals surface area contributed by atoms with Crippen molar-refractivity contribution in [3.63, 3.8) is 0 Å². The fourth-order valence-electron chi connectivity index (χ4n) is 3.31. The van der Waals surface area contributed by atoms with Crippen LogP contribution < -0.4 is 15.4 Å². The number of ether oxygens (including phenoxy) is 1. The van der Waals surface area contributed by atoms with Crippen molar-refractivity contribution < 1.29 is 9.13 Å². The average molecular weight is 362 g/mol. The quantitative estimate of drug-likeness (QED) is 0.578. The summed E-state index contributed by atoms with van der Waals surface area (Å²) in [6, 6.07) is 5.16. The molecular weight excluding hydrogens is 331 g/mol. The number of aliphatic imine (C=N–C) groups is 1. The third-order valence-electron chi connectivity index (χ3n) is 5.25. The van der Waals surface area contributed by atoms with Gasteiger partial charge in [0, 0.05) is 20.1 Å². The molecule has 3 rings (SSSR count). The van der Waals surface area contributed by atoms with Crippen molar-refractivity contribution in [2.24, 2.45) is 16.8 Å². The molecule has 1 saturated heterocycles. The molecule has 144 valence electrons. The van der Waals surface area contributed by atoms with Gasteiger partial charge in [0.2, 0.25) is 0 Å². The Kier molecular flexibility index (Phi) is 6.35. The third kappa shape index (κ3) is 5.34. The van der Waals surface area contributed by atoms with Crippen LogP contribution in [0.1, 0.15) is 37.8 Å². The van der Waals surface area contributed by atoms with E-state index in [2.05, 4.69) is 27.6 Å². The summed E-state index contributed by atoms with van der Waals surface area (Å²) in [4.78, 5) is 6.64. The Hall–Kier alpha value is -1.82. The van der Waals surface area contributed by atoms with Crippen LogP contribution in [0.5, 0.6) is 5.75 Å². The van der Waals surface area contributed by atoms with Gasteiger partial charge >= 0.3 is 0 Å². The monoisotopic (exact) mass is 362 g/mol. The van der Waals surface area contributed by atoms with Crippen LogP contribution >= 0.6 is 0 Å². The number of likely N-dealkylation sites (tertiary alicyclic amines) is 1. The van der Waals surface area contributed by atoms with Crippen molar-refractivity contribution in [3.8, 4) is 5.75 Å². The van der Waals surface area contributed by atoms with Crippen molar-refractivity contribution in [2.75, 3.05) is 40.3 Å². The Morgan fingerprint density at radius 2 is 2.15 bits per heavy atom. The summed E-state index contributed by atoms with van der Waals surface area (Å²) >= 11 is 0. The number of hydrogen-bond donors (Lipinski definition) is 2. The van der Waals surface area contributed by atoms with Gasteiger partial charge in [0.25, 0.3) is 0 Å². The Bertz CT molecular complexity index is 632. The molecule has 5 nitrogen and oxygen atoms in total. The zero-order chi connectivity index (χ0) is 18.5. The Morgan fingerprint density at radius 1 is 1.35 bits per heavy atom. The van der Waals surface area contributed by atoms with Gasteiger partial charge in [-0.1, -0.05) is 6.07 Å². The van der Waals surface area contributed by atoms with Crippen molar-refractivity contribution in [3.05, 3.63) is 29.6 Å². The molecule has 1 saturated carbocycles. The van der Waals surface area contributed by atoms with E-state index in [1.165, 1.54) is 19.3 Å². The van der Waals surface area contributed by atoms with Gasteiger partial charge in [-0.3, -0.25) is 4.99 Å². The Balaban J connectivity index is 1.50. The van der Waals surface area contributed by atoms with E-state index in [9.17, 15) is 4.39 Å². The van der Waals surface area contributed by atoms with E-state index in [4.69, 9.17) is 4.74 Å². The molecule has 0 radical (unpaired) electrons. The highest BCUT2D eigenvalue weighted by molar-refractivity contribution is 5.80. The SMILES string of the molecule is CN=C(NCC1CCN(C)C1)NC(C)c1ccc(OCC2CC2)c(F)c1. The fraction of sp³-hybridized carbons (Fsp3) is 0.650. The van der Waals surface area contributed by atoms with E-state index in [1.807, 2.05) is 13.0 Å². The van der Waals surface area contributed by atoms with Crippen molar-refractivity contribution in [2.45, 2.75) is 32.2 Å². The van der Waals surface area contributed by atoms with E-state index < -0.39 is 0 Å². The van der Waals surface area contributed by atoms with E-state index in [0.717, 1.165) is 31.2 Å². The molecule has 1 aliphatic carbocycles. The first-order chi connectivity index (χ1) is 12.5. The van der Waals surface area contributed by atoms with Gasteiger partial charge in [-0.2, -0.15) is 0 Å². The van der Waals surface area contributed by atoms with Gasteiger partial charge in [-0.25, -0.2) is 4.39 Å². The Labute approximate surface area is 156 Å². The first-order valence-corrected chi connectivity index (χ1v) is 9.63. The highest BCUT2D eigenvalue weighted by Gasteiger charge is 2.23. The highest BCUT2D eigenvalue weighted by atomic mass is 19.1. The molecule has 1 aliphatic heterocycles. The van der Waals surface area contributed by atoms with Gasteiger partial charge < -0.3 is 20.3 Å². The zero-order valence-electron chi connectivity index (χ0n) is 16.1. The maximum Gasteiger partial charge on any atom is 0.191 e. The lowest BCUT2D eigenvalue weighted by Crippen LogP contribution is -2.41. The van der Waals surface area contributed by atoms with Crippen molar-refractivity contribution in [1.29, 1.82) is 0 Å². The lowest BCUT2D eigenvalue weighted by Gasteiger charge is -2.20. The number of benzene rings is 1. The van der Waals surface area contributed by atoms with Crippen molar-refractivity contribution >= 4 is 5.96 Å². The van der Waals surface area contributed by atoms with Crippen LogP contribution in [-0.4, -0.2) is 51.2 Å². The van der Waals surface area contributed by atoms with Crippen LogP contribution in [0.15, 0.2) is 23.2 Å². The first kappa shape index (κ1) is 19.0. The van der Waals surface area contributed by atoms with E-state index >= 15 is 0 Å². The number of halogens is 1. The van der Waals surface area contributed by atoms with E-state index in [0.29, 0.717) is 24.2 Å². The topological polar surface area (TPSA) is 48.9 Å². The maximum absolute atomic E-state index is 14.3. The third-order valence-corrected chi connectivity index (χ3v) is 5.25. The van der Waals surface area contributed by atoms with Crippen LogP contribution in [-0.2, 0) is 0 Å². The lowest BCUT2D eigenvalue weighted by molar-refractivity contribution is 0.285. The first-order valence-electron chi connectivity index (χ1n) is 9.63. The van der Waals surface area contributed by atoms with Crippen LogP contribution in [0.3, 0.4) is 0 Å². The highest BCUT2D eigenvalue weighted by Crippen LogP contribution is 2.30. The second-order valence-corrected chi connectivity index (χ2v) is 7.68. The van der Waals surface area contributed by atoms with Crippen LogP contribution in [0, 0.1) is 17.7 Å². The second kappa shape index (κ2) is 8.71. The number of nitrogens with one attached hydrogen (secondary N) is 2. The smallest absolute Gasteiger partial charge is 0.191 e. The molecule has 26 heavy (non-hydrogen) atoms. The van der Waals surface area contributed by atoms with Gasteiger partial charge in [0.05, 0.1) is 12.6 Å². The van der Waals surface area contributed by atoms with Gasteiger partial charge in [0.15, 0.2) is 17.5 Å². The molecule has 2 unspecified atom stereocenters. The molecule has 1 heterocycles. The minimum Gasteiger partial charge on any atom is -0.490 e. The molecule has 0 aromatic heterocycles. The number of rotatable bonds is 7. The predicted octanol–water partition coefficient (Wildman–Crippen LogP) is 2.79. The van der Waals surface area contributed by atoms with Gasteiger partial charge in [-0.15, -0.1) is 0 Å². The van der Waals surface area contributed by atoms with Crippen LogP contribution in [0.2, 0.25) is 0 Å². The normalized spacial score (nSPS) is 22.3. The molecular formula is C20H31FN4O. The summed E-state index contributed by atoms with van der Waals surface area (Å²) in [5, 5.41) is 6.73. The lowest BCUT2D eigenvalue weighted by atomic mass is 10.1. The summed E-state index contributed by atoms with van der Waals surface area (Å²) < 4.78 is 19.9. The molecule has 0 spiro atoms. The molecule has 2 fully saturated rings. The van der Waals surface area contributed by atoms with E-state index in [-0.39, 0.29) is 11.9 Å². The maximum atomic E-state index is 14.3. The molecule has 1 aromatic carbocycles. The Morgan fingerprint density at radius 3 is 2.77 bits per heavy atom. The molecule has 6 heteroatoms. The van der Waals surface area contributed by atoms with Crippen LogP contribution in [0.25, 0.3) is 0 Å². The second-order valence-electron chi connectivity index (χ2n) is 7.68. The van der Waals surface area contributed by atoms with Crippen molar-refractivity contribution in [1.82, 2.24) is 15.5 Å². The minimum atomic E-state index is -0.297. The molecule has 2 atom stereocenters. The number of hydrogen-bond acceptors (Lipinski definition) is 3. The summed E-state index contributed by atoms with van der Waals surface area (Å²) in [6.07, 6.45) is 3.61. The summed E-state index contributed by atoms with van der Waals surface area (Å²) in [6.45, 7) is 5.81. The van der Waals surface area contributed by atoms with E-state index in [1.54, 1.807) is 19.2 Å². The minimum absolute atomic E-state index is 0.0422. The number of nitrogens with zero attached hydrogens (tertiary/aromatic N) is 2.